The van der Waals surface area contributed by atoms with E-state index in [1.165, 1.54) is 38.1 Å². The fourth-order valence-electron chi connectivity index (χ4n) is 2.21. The summed E-state index contributed by atoms with van der Waals surface area (Å²) < 4.78 is 37.6. The Labute approximate surface area is 139 Å². The summed E-state index contributed by atoms with van der Waals surface area (Å²) in [6.45, 7) is 5.06. The van der Waals surface area contributed by atoms with E-state index in [9.17, 15) is 18.5 Å². The zero-order valence-electron chi connectivity index (χ0n) is 13.4. The van der Waals surface area contributed by atoms with Gasteiger partial charge in [0.2, 0.25) is 5.88 Å². The molecule has 1 aromatic carbocycles. The Morgan fingerprint density at radius 1 is 1.33 bits per heavy atom. The van der Waals surface area contributed by atoms with Crippen molar-refractivity contribution < 1.29 is 22.4 Å². The standard InChI is InChI=1S/C16H16N2O5S/c1-4-22-12-5-7-13(8-6-12)24(20,21)18-16-14(9-17)15(10(2)19)11(3)23-16/h5-8,18H,4H2,1-3H3. The number of hydrogen-bond donors (Lipinski definition) is 1. The lowest BCUT2D eigenvalue weighted by molar-refractivity contribution is 0.101. The molecule has 2 aromatic rings. The molecular formula is C16H16N2O5S. The molecule has 0 saturated carbocycles. The summed E-state index contributed by atoms with van der Waals surface area (Å²) in [7, 11) is -3.97. The summed E-state index contributed by atoms with van der Waals surface area (Å²) in [4.78, 5) is 11.6. The molecule has 1 N–H and O–H groups in total. The molecule has 0 aliphatic rings. The number of ketones is 1. The van der Waals surface area contributed by atoms with E-state index in [0.29, 0.717) is 12.4 Å². The van der Waals surface area contributed by atoms with Crippen LogP contribution in [0.3, 0.4) is 0 Å². The van der Waals surface area contributed by atoms with E-state index in [1.54, 1.807) is 6.07 Å². The fraction of sp³-hybridized carbons (Fsp3) is 0.250. The third-order valence-electron chi connectivity index (χ3n) is 3.22. The van der Waals surface area contributed by atoms with E-state index in [1.807, 2.05) is 6.92 Å². The lowest BCUT2D eigenvalue weighted by Gasteiger charge is -2.07. The van der Waals surface area contributed by atoms with Crippen LogP contribution in [0.1, 0.15) is 35.5 Å². The minimum Gasteiger partial charge on any atom is -0.494 e. The van der Waals surface area contributed by atoms with Crippen molar-refractivity contribution in [2.75, 3.05) is 11.3 Å². The van der Waals surface area contributed by atoms with Gasteiger partial charge < -0.3 is 9.15 Å². The Bertz CT molecular complexity index is 905. The Morgan fingerprint density at radius 3 is 2.46 bits per heavy atom. The van der Waals surface area contributed by atoms with Gasteiger partial charge in [-0.15, -0.1) is 0 Å². The van der Waals surface area contributed by atoms with Gasteiger partial charge in [0, 0.05) is 0 Å². The molecule has 1 heterocycles. The van der Waals surface area contributed by atoms with Crippen LogP contribution in [0.2, 0.25) is 0 Å². The molecule has 7 nitrogen and oxygen atoms in total. The second kappa shape index (κ2) is 6.76. The number of ether oxygens (including phenoxy) is 1. The first-order valence-corrected chi connectivity index (χ1v) is 8.58. The van der Waals surface area contributed by atoms with Crippen molar-refractivity contribution in [1.29, 1.82) is 5.26 Å². The number of hydrogen-bond acceptors (Lipinski definition) is 6. The Hall–Kier alpha value is -2.79. The van der Waals surface area contributed by atoms with Crippen molar-refractivity contribution in [2.24, 2.45) is 0 Å². The largest absolute Gasteiger partial charge is 0.494 e. The molecule has 126 valence electrons. The smallest absolute Gasteiger partial charge is 0.264 e. The van der Waals surface area contributed by atoms with Crippen LogP contribution < -0.4 is 9.46 Å². The molecule has 0 saturated heterocycles. The SMILES string of the molecule is CCOc1ccc(S(=O)(=O)Nc2oc(C)c(C(C)=O)c2C#N)cc1. The second-order valence-corrected chi connectivity index (χ2v) is 6.60. The molecule has 0 radical (unpaired) electrons. The van der Waals surface area contributed by atoms with Crippen LogP contribution in [0.4, 0.5) is 5.88 Å². The third kappa shape index (κ3) is 3.41. The van der Waals surface area contributed by atoms with Crippen molar-refractivity contribution in [3.63, 3.8) is 0 Å². The zero-order chi connectivity index (χ0) is 17.9. The highest BCUT2D eigenvalue weighted by Crippen LogP contribution is 2.29. The predicted molar refractivity (Wildman–Crippen MR) is 86.6 cm³/mol. The molecule has 0 aliphatic carbocycles. The average Bonchev–Trinajstić information content (AvgIpc) is 2.82. The van der Waals surface area contributed by atoms with Crippen molar-refractivity contribution in [1.82, 2.24) is 0 Å². The van der Waals surface area contributed by atoms with Crippen LogP contribution >= 0.6 is 0 Å². The maximum Gasteiger partial charge on any atom is 0.264 e. The van der Waals surface area contributed by atoms with Gasteiger partial charge in [-0.1, -0.05) is 0 Å². The number of nitrogens with one attached hydrogen (secondary N) is 1. The Balaban J connectivity index is 2.38. The first-order valence-electron chi connectivity index (χ1n) is 7.10. The van der Waals surface area contributed by atoms with Gasteiger partial charge in [-0.3, -0.25) is 4.79 Å². The van der Waals surface area contributed by atoms with Crippen molar-refractivity contribution >= 4 is 21.7 Å². The third-order valence-corrected chi connectivity index (χ3v) is 4.57. The lowest BCUT2D eigenvalue weighted by Crippen LogP contribution is -2.13. The quantitative estimate of drug-likeness (QED) is 0.804. The van der Waals surface area contributed by atoms with E-state index < -0.39 is 10.0 Å². The van der Waals surface area contributed by atoms with Gasteiger partial charge in [0.25, 0.3) is 10.0 Å². The van der Waals surface area contributed by atoms with Gasteiger partial charge >= 0.3 is 0 Å². The number of carbonyl (C=O) groups excluding carboxylic acids is 1. The number of rotatable bonds is 6. The predicted octanol–water partition coefficient (Wildman–Crippen LogP) is 2.86. The molecule has 0 spiro atoms. The molecule has 24 heavy (non-hydrogen) atoms. The summed E-state index contributed by atoms with van der Waals surface area (Å²) in [5, 5.41) is 9.21. The molecule has 0 amide bonds. The van der Waals surface area contributed by atoms with Crippen LogP contribution in [0.25, 0.3) is 0 Å². The zero-order valence-corrected chi connectivity index (χ0v) is 14.2. The van der Waals surface area contributed by atoms with E-state index in [0.717, 1.165) is 0 Å². The Morgan fingerprint density at radius 2 is 1.96 bits per heavy atom. The van der Waals surface area contributed by atoms with Gasteiger partial charge in [-0.25, -0.2) is 13.1 Å². The van der Waals surface area contributed by atoms with Crippen LogP contribution in [-0.2, 0) is 10.0 Å². The van der Waals surface area contributed by atoms with E-state index in [2.05, 4.69) is 4.72 Å². The van der Waals surface area contributed by atoms with Gasteiger partial charge in [0.15, 0.2) is 5.78 Å². The van der Waals surface area contributed by atoms with Crippen LogP contribution in [0, 0.1) is 18.3 Å². The number of Topliss-reactive ketones (excluding diaryl/α,β-unsaturated/α-hetero) is 1. The minimum atomic E-state index is -3.97. The highest BCUT2D eigenvalue weighted by atomic mass is 32.2. The van der Waals surface area contributed by atoms with E-state index >= 15 is 0 Å². The molecule has 0 fully saturated rings. The van der Waals surface area contributed by atoms with E-state index in [4.69, 9.17) is 9.15 Å². The lowest BCUT2D eigenvalue weighted by atomic mass is 10.1. The van der Waals surface area contributed by atoms with Gasteiger partial charge in [-0.05, 0) is 45.0 Å². The molecule has 2 rings (SSSR count). The normalized spacial score (nSPS) is 10.9. The van der Waals surface area contributed by atoms with Crippen LogP contribution in [0.5, 0.6) is 5.75 Å². The van der Waals surface area contributed by atoms with Crippen LogP contribution in [-0.4, -0.2) is 20.8 Å². The number of nitriles is 1. The fourth-order valence-corrected chi connectivity index (χ4v) is 3.21. The number of nitrogens with zero attached hydrogens (tertiary/aromatic N) is 1. The molecule has 0 bridgehead atoms. The topological polar surface area (TPSA) is 109 Å². The number of aryl methyl sites for hydroxylation is 1. The molecule has 0 aliphatic heterocycles. The molecule has 0 atom stereocenters. The monoisotopic (exact) mass is 348 g/mol. The van der Waals surface area contributed by atoms with Crippen LogP contribution in [0.15, 0.2) is 33.6 Å². The van der Waals surface area contributed by atoms with E-state index in [-0.39, 0.29) is 33.5 Å². The summed E-state index contributed by atoms with van der Waals surface area (Å²) in [6.07, 6.45) is 0. The summed E-state index contributed by atoms with van der Waals surface area (Å²) in [6, 6.07) is 7.61. The molecular weight excluding hydrogens is 332 g/mol. The number of anilines is 1. The average molecular weight is 348 g/mol. The first-order chi connectivity index (χ1) is 11.3. The minimum absolute atomic E-state index is 0.0201. The van der Waals surface area contributed by atoms with Gasteiger partial charge in [-0.2, -0.15) is 5.26 Å². The molecule has 1 aromatic heterocycles. The van der Waals surface area contributed by atoms with Gasteiger partial charge in [0.1, 0.15) is 23.1 Å². The number of sulfonamides is 1. The summed E-state index contributed by atoms with van der Waals surface area (Å²) in [5.41, 5.74) is -0.0589. The maximum atomic E-state index is 12.4. The Kier molecular flexibility index (Phi) is 4.95. The van der Waals surface area contributed by atoms with Crippen molar-refractivity contribution in [2.45, 2.75) is 25.7 Å². The molecule has 0 unspecified atom stereocenters. The number of furan rings is 1. The first kappa shape index (κ1) is 17.6. The number of carbonyl (C=O) groups is 1. The second-order valence-electron chi connectivity index (χ2n) is 4.92. The number of benzene rings is 1. The summed E-state index contributed by atoms with van der Waals surface area (Å²) in [5.74, 6) is 0.0821. The van der Waals surface area contributed by atoms with Gasteiger partial charge in [0.05, 0.1) is 17.1 Å². The molecule has 8 heteroatoms. The highest BCUT2D eigenvalue weighted by molar-refractivity contribution is 7.92. The van der Waals surface area contributed by atoms with Crippen molar-refractivity contribution in [3.8, 4) is 11.8 Å². The highest BCUT2D eigenvalue weighted by Gasteiger charge is 2.25. The van der Waals surface area contributed by atoms with Crippen molar-refractivity contribution in [3.05, 3.63) is 41.2 Å². The summed E-state index contributed by atoms with van der Waals surface area (Å²) >= 11 is 0. The maximum absolute atomic E-state index is 12.4.